The molecule has 1 atom stereocenters. The number of piperazine rings is 1. The van der Waals surface area contributed by atoms with Crippen molar-refractivity contribution in [3.8, 4) is 0 Å². The van der Waals surface area contributed by atoms with Crippen molar-refractivity contribution in [2.75, 3.05) is 31.1 Å². The molecule has 1 aromatic carbocycles. The quantitative estimate of drug-likeness (QED) is 0.790. The number of rotatable bonds is 4. The van der Waals surface area contributed by atoms with Crippen LogP contribution in [0.2, 0.25) is 0 Å². The molecule has 5 heteroatoms. The summed E-state index contributed by atoms with van der Waals surface area (Å²) in [6.07, 6.45) is 0. The Morgan fingerprint density at radius 2 is 2.14 bits per heavy atom. The molecule has 0 spiro atoms. The number of hydrogen-bond donors (Lipinski definition) is 0. The number of benzene rings is 1. The predicted octanol–water partition coefficient (Wildman–Crippen LogP) is 1.60. The van der Waals surface area contributed by atoms with Gasteiger partial charge in [-0.3, -0.25) is 14.5 Å². The number of ether oxygens (including phenoxy) is 1. The molecule has 0 bridgehead atoms. The van der Waals surface area contributed by atoms with E-state index in [1.807, 2.05) is 43.0 Å². The molecule has 0 N–H and O–H groups in total. The van der Waals surface area contributed by atoms with Gasteiger partial charge in [-0.25, -0.2) is 0 Å². The lowest BCUT2D eigenvalue weighted by Crippen LogP contribution is -2.57. The number of aryl methyl sites for hydroxylation is 1. The van der Waals surface area contributed by atoms with E-state index in [-0.39, 0.29) is 24.5 Å². The third-order valence-electron chi connectivity index (χ3n) is 3.73. The lowest BCUT2D eigenvalue weighted by molar-refractivity contribution is -0.145. The molecule has 0 saturated carbocycles. The van der Waals surface area contributed by atoms with E-state index in [4.69, 9.17) is 4.74 Å². The van der Waals surface area contributed by atoms with E-state index < -0.39 is 0 Å². The topological polar surface area (TPSA) is 49.9 Å². The highest BCUT2D eigenvalue weighted by molar-refractivity contribution is 5.98. The van der Waals surface area contributed by atoms with Crippen molar-refractivity contribution in [2.24, 2.45) is 0 Å². The minimum Gasteiger partial charge on any atom is -0.465 e. The fourth-order valence-electron chi connectivity index (χ4n) is 2.55. The zero-order valence-corrected chi connectivity index (χ0v) is 12.8. The van der Waals surface area contributed by atoms with Crippen molar-refractivity contribution >= 4 is 17.6 Å². The van der Waals surface area contributed by atoms with Crippen molar-refractivity contribution in [3.05, 3.63) is 29.8 Å². The second kappa shape index (κ2) is 6.72. The van der Waals surface area contributed by atoms with Gasteiger partial charge in [-0.05, 0) is 38.5 Å². The molecular weight excluding hydrogens is 268 g/mol. The Balaban J connectivity index is 2.06. The zero-order valence-electron chi connectivity index (χ0n) is 12.8. The summed E-state index contributed by atoms with van der Waals surface area (Å²) < 4.78 is 4.95. The Morgan fingerprint density at radius 1 is 1.38 bits per heavy atom. The highest BCUT2D eigenvalue weighted by Crippen LogP contribution is 2.21. The largest absolute Gasteiger partial charge is 0.465 e. The first-order valence-electron chi connectivity index (χ1n) is 7.30. The number of esters is 1. The standard InChI is InChI=1S/C16H22N2O3/c1-4-21-15(19)11-17-8-9-18(16(20)13(17)3)14-7-5-6-12(2)10-14/h5-7,10,13H,4,8-9,11H2,1-3H3. The molecule has 114 valence electrons. The molecule has 1 aliphatic heterocycles. The summed E-state index contributed by atoms with van der Waals surface area (Å²) >= 11 is 0. The van der Waals surface area contributed by atoms with Gasteiger partial charge < -0.3 is 9.64 Å². The smallest absolute Gasteiger partial charge is 0.320 e. The van der Waals surface area contributed by atoms with Crippen LogP contribution in [0, 0.1) is 6.92 Å². The minimum atomic E-state index is -0.316. The van der Waals surface area contributed by atoms with Crippen molar-refractivity contribution in [1.29, 1.82) is 0 Å². The molecule has 1 unspecified atom stereocenters. The molecule has 2 rings (SSSR count). The van der Waals surface area contributed by atoms with Gasteiger partial charge in [0.25, 0.3) is 0 Å². The first-order chi connectivity index (χ1) is 10.0. The molecule has 0 radical (unpaired) electrons. The molecule has 1 aliphatic rings. The maximum absolute atomic E-state index is 12.5. The summed E-state index contributed by atoms with van der Waals surface area (Å²) in [5, 5.41) is 0. The van der Waals surface area contributed by atoms with Gasteiger partial charge in [0.05, 0.1) is 19.2 Å². The van der Waals surface area contributed by atoms with Gasteiger partial charge in [0, 0.05) is 18.8 Å². The number of hydrogen-bond acceptors (Lipinski definition) is 4. The normalized spacial score (nSPS) is 19.7. The van der Waals surface area contributed by atoms with Crippen molar-refractivity contribution in [1.82, 2.24) is 4.90 Å². The van der Waals surface area contributed by atoms with E-state index >= 15 is 0 Å². The maximum Gasteiger partial charge on any atom is 0.320 e. The lowest BCUT2D eigenvalue weighted by Gasteiger charge is -2.38. The van der Waals surface area contributed by atoms with Crippen LogP contribution in [0.15, 0.2) is 24.3 Å². The van der Waals surface area contributed by atoms with E-state index in [0.717, 1.165) is 11.3 Å². The van der Waals surface area contributed by atoms with Crippen LogP contribution < -0.4 is 4.90 Å². The first kappa shape index (κ1) is 15.5. The minimum absolute atomic E-state index is 0.0242. The summed E-state index contributed by atoms with van der Waals surface area (Å²) in [4.78, 5) is 27.7. The molecule has 1 saturated heterocycles. The summed E-state index contributed by atoms with van der Waals surface area (Å²) in [6, 6.07) is 7.59. The van der Waals surface area contributed by atoms with E-state index in [9.17, 15) is 9.59 Å². The Hall–Kier alpha value is -1.88. The van der Waals surface area contributed by atoms with Gasteiger partial charge in [0.1, 0.15) is 0 Å². The van der Waals surface area contributed by atoms with Crippen LogP contribution in [0.4, 0.5) is 5.69 Å². The van der Waals surface area contributed by atoms with Gasteiger partial charge in [-0.15, -0.1) is 0 Å². The average Bonchev–Trinajstić information content (AvgIpc) is 2.44. The number of carbonyl (C=O) groups excluding carboxylic acids is 2. The van der Waals surface area contributed by atoms with Crippen LogP contribution in [0.1, 0.15) is 19.4 Å². The van der Waals surface area contributed by atoms with Gasteiger partial charge in [-0.2, -0.15) is 0 Å². The van der Waals surface area contributed by atoms with Crippen LogP contribution in [0.5, 0.6) is 0 Å². The van der Waals surface area contributed by atoms with Crippen LogP contribution >= 0.6 is 0 Å². The number of anilines is 1. The summed E-state index contributed by atoms with van der Waals surface area (Å²) in [6.45, 7) is 7.42. The van der Waals surface area contributed by atoms with Crippen LogP contribution in [0.25, 0.3) is 0 Å². The third-order valence-corrected chi connectivity index (χ3v) is 3.73. The maximum atomic E-state index is 12.5. The number of carbonyl (C=O) groups is 2. The SMILES string of the molecule is CCOC(=O)CN1CCN(c2cccc(C)c2)C(=O)C1C. The Morgan fingerprint density at radius 3 is 2.81 bits per heavy atom. The van der Waals surface area contributed by atoms with Crippen molar-refractivity contribution < 1.29 is 14.3 Å². The molecule has 5 nitrogen and oxygen atoms in total. The molecule has 0 aromatic heterocycles. The van der Waals surface area contributed by atoms with E-state index in [1.165, 1.54) is 0 Å². The van der Waals surface area contributed by atoms with Crippen molar-refractivity contribution in [2.45, 2.75) is 26.8 Å². The van der Waals surface area contributed by atoms with E-state index in [2.05, 4.69) is 0 Å². The number of nitrogens with zero attached hydrogens (tertiary/aromatic N) is 2. The van der Waals surface area contributed by atoms with Gasteiger partial charge in [0.2, 0.25) is 5.91 Å². The molecule has 1 amide bonds. The van der Waals surface area contributed by atoms with E-state index in [0.29, 0.717) is 19.7 Å². The fourth-order valence-corrected chi connectivity index (χ4v) is 2.55. The molecule has 21 heavy (non-hydrogen) atoms. The Labute approximate surface area is 125 Å². The van der Waals surface area contributed by atoms with Crippen LogP contribution in [-0.4, -0.2) is 49.1 Å². The molecule has 1 fully saturated rings. The second-order valence-corrected chi connectivity index (χ2v) is 5.28. The third kappa shape index (κ3) is 3.61. The van der Waals surface area contributed by atoms with E-state index in [1.54, 1.807) is 11.8 Å². The Bertz CT molecular complexity index is 530. The van der Waals surface area contributed by atoms with Gasteiger partial charge in [0.15, 0.2) is 0 Å². The average molecular weight is 290 g/mol. The zero-order chi connectivity index (χ0) is 15.4. The van der Waals surface area contributed by atoms with Crippen LogP contribution in [-0.2, 0) is 14.3 Å². The summed E-state index contributed by atoms with van der Waals surface area (Å²) in [7, 11) is 0. The molecule has 1 aromatic rings. The van der Waals surface area contributed by atoms with Gasteiger partial charge >= 0.3 is 5.97 Å². The second-order valence-electron chi connectivity index (χ2n) is 5.28. The number of amides is 1. The lowest BCUT2D eigenvalue weighted by atomic mass is 10.1. The highest BCUT2D eigenvalue weighted by atomic mass is 16.5. The van der Waals surface area contributed by atoms with Crippen molar-refractivity contribution in [3.63, 3.8) is 0 Å². The molecule has 0 aliphatic carbocycles. The first-order valence-corrected chi connectivity index (χ1v) is 7.30. The molecular formula is C16H22N2O3. The monoisotopic (exact) mass is 290 g/mol. The Kier molecular flexibility index (Phi) is 4.96. The van der Waals surface area contributed by atoms with Gasteiger partial charge in [-0.1, -0.05) is 12.1 Å². The summed E-state index contributed by atoms with van der Waals surface area (Å²) in [5.74, 6) is -0.252. The summed E-state index contributed by atoms with van der Waals surface area (Å²) in [5.41, 5.74) is 2.05. The van der Waals surface area contributed by atoms with Crippen LogP contribution in [0.3, 0.4) is 0 Å². The highest BCUT2D eigenvalue weighted by Gasteiger charge is 2.33. The predicted molar refractivity (Wildman–Crippen MR) is 81.2 cm³/mol. The fraction of sp³-hybridized carbons (Fsp3) is 0.500. The molecule has 1 heterocycles.